The molecule has 3 rings (SSSR count). The summed E-state index contributed by atoms with van der Waals surface area (Å²) >= 11 is 0. The van der Waals surface area contributed by atoms with E-state index < -0.39 is 53.5 Å². The fraction of sp³-hybridized carbons (Fsp3) is 0.375. The Kier molecular flexibility index (Phi) is 7.40. The predicted octanol–water partition coefficient (Wildman–Crippen LogP) is 3.54. The third-order valence-corrected chi connectivity index (χ3v) is 5.93. The van der Waals surface area contributed by atoms with Crippen LogP contribution in [0.3, 0.4) is 0 Å². The van der Waals surface area contributed by atoms with E-state index in [0.29, 0.717) is 0 Å². The van der Waals surface area contributed by atoms with E-state index in [0.717, 1.165) is 21.9 Å². The van der Waals surface area contributed by atoms with Gasteiger partial charge in [0.05, 0.1) is 24.1 Å². The molecule has 182 valence electrons. The maximum atomic E-state index is 14.8. The number of imide groups is 1. The molecule has 0 aromatic heterocycles. The molecule has 1 aliphatic rings. The molecule has 1 unspecified atom stereocenters. The van der Waals surface area contributed by atoms with Crippen LogP contribution in [0, 0.1) is 5.82 Å². The molecule has 0 N–H and O–H groups in total. The highest BCUT2D eigenvalue weighted by Gasteiger charge is 2.55. The number of hydrogen-bond acceptors (Lipinski definition) is 4. The Labute approximate surface area is 194 Å². The lowest BCUT2D eigenvalue weighted by molar-refractivity contribution is -0.143. The monoisotopic (exact) mass is 480 g/mol. The molecule has 1 atom stereocenters. The zero-order valence-corrected chi connectivity index (χ0v) is 18.7. The molecule has 0 saturated carbocycles. The SMILES string of the molecule is COCCN1C(=O)CC(CC(=O)N(C)Cc2ccccc2C(F)(F)F)(c2ccccc2F)C1=O. The Morgan fingerprint density at radius 2 is 1.76 bits per heavy atom. The molecular formula is C24H24F4N2O4. The summed E-state index contributed by atoms with van der Waals surface area (Å²) in [6.45, 7) is -0.377. The van der Waals surface area contributed by atoms with Crippen LogP contribution in [0.1, 0.15) is 29.5 Å². The average Bonchev–Trinajstić information content (AvgIpc) is 3.01. The first-order valence-corrected chi connectivity index (χ1v) is 10.5. The molecule has 0 bridgehead atoms. The zero-order valence-electron chi connectivity index (χ0n) is 18.7. The average molecular weight is 480 g/mol. The van der Waals surface area contributed by atoms with Crippen molar-refractivity contribution in [3.63, 3.8) is 0 Å². The Morgan fingerprint density at radius 1 is 1.12 bits per heavy atom. The van der Waals surface area contributed by atoms with Crippen molar-refractivity contribution in [2.24, 2.45) is 0 Å². The molecule has 0 aliphatic carbocycles. The van der Waals surface area contributed by atoms with Crippen LogP contribution in [0.4, 0.5) is 17.6 Å². The molecule has 1 heterocycles. The van der Waals surface area contributed by atoms with E-state index in [-0.39, 0.29) is 30.8 Å². The number of ether oxygens (including phenoxy) is 1. The summed E-state index contributed by atoms with van der Waals surface area (Å²) in [7, 11) is 2.70. The van der Waals surface area contributed by atoms with Crippen LogP contribution in [0.5, 0.6) is 0 Å². The number of alkyl halides is 3. The maximum absolute atomic E-state index is 14.8. The highest BCUT2D eigenvalue weighted by atomic mass is 19.4. The van der Waals surface area contributed by atoms with Crippen LogP contribution in [0.2, 0.25) is 0 Å². The molecule has 1 aliphatic heterocycles. The molecule has 0 radical (unpaired) electrons. The first-order chi connectivity index (χ1) is 16.0. The van der Waals surface area contributed by atoms with Crippen molar-refractivity contribution >= 4 is 17.7 Å². The summed E-state index contributed by atoms with van der Waals surface area (Å²) in [6.07, 6.45) is -5.62. The van der Waals surface area contributed by atoms with Crippen molar-refractivity contribution < 1.29 is 36.7 Å². The van der Waals surface area contributed by atoms with Crippen LogP contribution in [-0.2, 0) is 37.3 Å². The number of hydrogen-bond donors (Lipinski definition) is 0. The minimum atomic E-state index is -4.61. The topological polar surface area (TPSA) is 66.9 Å². The highest BCUT2D eigenvalue weighted by Crippen LogP contribution is 2.41. The molecule has 1 saturated heterocycles. The van der Waals surface area contributed by atoms with Gasteiger partial charge >= 0.3 is 6.18 Å². The number of nitrogens with zero attached hydrogens (tertiary/aromatic N) is 2. The van der Waals surface area contributed by atoms with Gasteiger partial charge in [0, 0.05) is 39.1 Å². The standard InChI is InChI=1S/C24H24F4N2O4/c1-29(15-16-7-3-4-8-17(16)24(26,27)28)20(31)13-23(18-9-5-6-10-19(18)25)14-21(32)30(22(23)33)11-12-34-2/h3-10H,11-15H2,1-2H3. The van der Waals surface area contributed by atoms with Crippen molar-refractivity contribution in [2.45, 2.75) is 31.0 Å². The quantitative estimate of drug-likeness (QED) is 0.428. The summed E-state index contributed by atoms with van der Waals surface area (Å²) in [5, 5.41) is 0. The second-order valence-electron chi connectivity index (χ2n) is 8.16. The van der Waals surface area contributed by atoms with E-state index in [1.165, 1.54) is 50.6 Å². The lowest BCUT2D eigenvalue weighted by atomic mass is 9.75. The normalized spacial score (nSPS) is 18.5. The lowest BCUT2D eigenvalue weighted by Crippen LogP contribution is -2.44. The summed E-state index contributed by atoms with van der Waals surface area (Å²) in [5.74, 6) is -2.77. The van der Waals surface area contributed by atoms with Gasteiger partial charge in [-0.05, 0) is 17.7 Å². The van der Waals surface area contributed by atoms with Gasteiger partial charge in [-0.15, -0.1) is 0 Å². The fourth-order valence-corrected chi connectivity index (χ4v) is 4.17. The molecular weight excluding hydrogens is 456 g/mol. The third kappa shape index (κ3) is 4.96. The molecule has 3 amide bonds. The number of carbonyl (C=O) groups excluding carboxylic acids is 3. The van der Waals surface area contributed by atoms with Gasteiger partial charge in [-0.25, -0.2) is 4.39 Å². The van der Waals surface area contributed by atoms with E-state index >= 15 is 0 Å². The van der Waals surface area contributed by atoms with Crippen LogP contribution < -0.4 is 0 Å². The first kappa shape index (κ1) is 25.4. The number of carbonyl (C=O) groups is 3. The van der Waals surface area contributed by atoms with E-state index in [4.69, 9.17) is 4.74 Å². The lowest BCUT2D eigenvalue weighted by Gasteiger charge is -2.30. The zero-order chi connectivity index (χ0) is 25.1. The van der Waals surface area contributed by atoms with Gasteiger partial charge in [-0.1, -0.05) is 36.4 Å². The Morgan fingerprint density at radius 3 is 2.41 bits per heavy atom. The summed E-state index contributed by atoms with van der Waals surface area (Å²) in [6, 6.07) is 10.2. The molecule has 6 nitrogen and oxygen atoms in total. The van der Waals surface area contributed by atoms with E-state index in [1.807, 2.05) is 0 Å². The predicted molar refractivity (Wildman–Crippen MR) is 114 cm³/mol. The number of benzene rings is 2. The van der Waals surface area contributed by atoms with Crippen molar-refractivity contribution in [1.29, 1.82) is 0 Å². The molecule has 10 heteroatoms. The van der Waals surface area contributed by atoms with Gasteiger partial charge in [0.15, 0.2) is 0 Å². The molecule has 34 heavy (non-hydrogen) atoms. The van der Waals surface area contributed by atoms with Crippen molar-refractivity contribution in [3.05, 3.63) is 71.0 Å². The maximum Gasteiger partial charge on any atom is 0.416 e. The minimum absolute atomic E-state index is 0.0621. The number of amides is 3. The largest absolute Gasteiger partial charge is 0.416 e. The Hall–Kier alpha value is -3.27. The van der Waals surface area contributed by atoms with E-state index in [9.17, 15) is 31.9 Å². The number of methoxy groups -OCH3 is 1. The second kappa shape index (κ2) is 9.92. The van der Waals surface area contributed by atoms with Gasteiger partial charge in [0.1, 0.15) is 5.82 Å². The highest BCUT2D eigenvalue weighted by molar-refractivity contribution is 6.10. The minimum Gasteiger partial charge on any atom is -0.383 e. The first-order valence-electron chi connectivity index (χ1n) is 10.5. The van der Waals surface area contributed by atoms with Gasteiger partial charge < -0.3 is 9.64 Å². The number of likely N-dealkylation sites (tertiary alicyclic amines) is 1. The number of rotatable bonds is 8. The summed E-state index contributed by atoms with van der Waals surface area (Å²) < 4.78 is 59.8. The van der Waals surface area contributed by atoms with Crippen LogP contribution >= 0.6 is 0 Å². The van der Waals surface area contributed by atoms with Gasteiger partial charge in [0.25, 0.3) is 0 Å². The van der Waals surface area contributed by atoms with Crippen LogP contribution in [-0.4, -0.2) is 54.8 Å². The van der Waals surface area contributed by atoms with Crippen molar-refractivity contribution in [3.8, 4) is 0 Å². The van der Waals surface area contributed by atoms with Gasteiger partial charge in [-0.3, -0.25) is 19.3 Å². The molecule has 1 fully saturated rings. The summed E-state index contributed by atoms with van der Waals surface area (Å²) in [4.78, 5) is 41.1. The third-order valence-electron chi connectivity index (χ3n) is 5.93. The van der Waals surface area contributed by atoms with E-state index in [2.05, 4.69) is 0 Å². The van der Waals surface area contributed by atoms with Gasteiger partial charge in [0.2, 0.25) is 17.7 Å². The Bertz CT molecular complexity index is 1090. The second-order valence-corrected chi connectivity index (χ2v) is 8.16. The van der Waals surface area contributed by atoms with E-state index in [1.54, 1.807) is 0 Å². The van der Waals surface area contributed by atoms with Gasteiger partial charge in [-0.2, -0.15) is 13.2 Å². The molecule has 2 aromatic rings. The number of halogens is 4. The fourth-order valence-electron chi connectivity index (χ4n) is 4.17. The Balaban J connectivity index is 1.93. The van der Waals surface area contributed by atoms with Crippen molar-refractivity contribution in [1.82, 2.24) is 9.80 Å². The smallest absolute Gasteiger partial charge is 0.383 e. The summed E-state index contributed by atoms with van der Waals surface area (Å²) in [5.41, 5.74) is -2.91. The van der Waals surface area contributed by atoms with Crippen LogP contribution in [0.25, 0.3) is 0 Å². The van der Waals surface area contributed by atoms with Crippen LogP contribution in [0.15, 0.2) is 48.5 Å². The molecule has 2 aromatic carbocycles. The molecule has 0 spiro atoms. The van der Waals surface area contributed by atoms with Crippen molar-refractivity contribution in [2.75, 3.05) is 27.3 Å².